The molecule has 2 aliphatic heterocycles. The highest BCUT2D eigenvalue weighted by molar-refractivity contribution is 5.93. The van der Waals surface area contributed by atoms with Crippen molar-refractivity contribution in [1.82, 2.24) is 50.4 Å². The van der Waals surface area contributed by atoms with E-state index in [1.807, 2.05) is 37.1 Å². The number of carbonyl (C=O) groups is 1. The van der Waals surface area contributed by atoms with Crippen LogP contribution in [-0.4, -0.2) is 61.8 Å². The Labute approximate surface area is 324 Å². The Morgan fingerprint density at radius 3 is 1.55 bits per heavy atom. The number of hydrogen-bond donors (Lipinski definition) is 1. The van der Waals surface area contributed by atoms with E-state index in [0.29, 0.717) is 35.0 Å². The van der Waals surface area contributed by atoms with Gasteiger partial charge < -0.3 is 5.11 Å². The van der Waals surface area contributed by atoms with Gasteiger partial charge in [-0.2, -0.15) is 0 Å². The number of nitrogens with zero attached hydrogens (tertiary/aromatic N) is 10. The van der Waals surface area contributed by atoms with Crippen LogP contribution < -0.4 is 0 Å². The normalized spacial score (nSPS) is 15.2. The van der Waals surface area contributed by atoms with Crippen LogP contribution in [0.5, 0.6) is 0 Å². The number of tetrazole rings is 2. The molecule has 14 heteroatoms. The molecular formula is C42H46F2N10O2. The predicted molar refractivity (Wildman–Crippen MR) is 208 cm³/mol. The predicted octanol–water partition coefficient (Wildman–Crippen LogP) is 8.00. The summed E-state index contributed by atoms with van der Waals surface area (Å²) >= 11 is 0. The van der Waals surface area contributed by atoms with Crippen LogP contribution in [0.2, 0.25) is 0 Å². The minimum absolute atomic E-state index is 0.0327. The number of fused-ring (bicyclic) bond motifs is 6. The summed E-state index contributed by atoms with van der Waals surface area (Å²) < 4.78 is 30.8. The first kappa shape index (κ1) is 38.6. The van der Waals surface area contributed by atoms with Gasteiger partial charge in [-0.15, -0.1) is 10.2 Å². The third-order valence-corrected chi connectivity index (χ3v) is 10.9. The van der Waals surface area contributed by atoms with Gasteiger partial charge in [0.25, 0.3) is 0 Å². The maximum absolute atomic E-state index is 13.6. The van der Waals surface area contributed by atoms with E-state index in [9.17, 15) is 18.7 Å². The Morgan fingerprint density at radius 1 is 0.696 bits per heavy atom. The summed E-state index contributed by atoms with van der Waals surface area (Å²) in [4.78, 5) is 21.9. The zero-order chi connectivity index (χ0) is 40.1. The zero-order valence-corrected chi connectivity index (χ0v) is 33.0. The van der Waals surface area contributed by atoms with E-state index in [2.05, 4.69) is 58.7 Å². The number of halogens is 2. The molecule has 0 spiro atoms. The van der Waals surface area contributed by atoms with Crippen molar-refractivity contribution in [3.63, 3.8) is 0 Å². The molecule has 6 heterocycles. The average Bonchev–Trinajstić information content (AvgIpc) is 3.84. The van der Waals surface area contributed by atoms with Crippen molar-refractivity contribution in [3.05, 3.63) is 93.8 Å². The lowest BCUT2D eigenvalue weighted by Gasteiger charge is -2.23. The highest BCUT2D eigenvalue weighted by Crippen LogP contribution is 2.43. The van der Waals surface area contributed by atoms with Gasteiger partial charge in [-0.1, -0.05) is 52.0 Å². The third kappa shape index (κ3) is 6.80. The summed E-state index contributed by atoms with van der Waals surface area (Å²) in [5.41, 5.74) is 9.05. The van der Waals surface area contributed by atoms with Gasteiger partial charge in [0, 0.05) is 16.8 Å². The highest BCUT2D eigenvalue weighted by atomic mass is 19.1. The summed E-state index contributed by atoms with van der Waals surface area (Å²) in [5.74, 6) is 0.763. The zero-order valence-electron chi connectivity index (χ0n) is 33.0. The number of aliphatic hydroxyl groups is 1. The van der Waals surface area contributed by atoms with Crippen molar-refractivity contribution in [2.45, 2.75) is 111 Å². The monoisotopic (exact) mass is 760 g/mol. The largest absolute Gasteiger partial charge is 0.392 e. The first-order valence-corrected chi connectivity index (χ1v) is 19.0. The van der Waals surface area contributed by atoms with Crippen molar-refractivity contribution in [3.8, 4) is 45.3 Å². The van der Waals surface area contributed by atoms with Crippen LogP contribution >= 0.6 is 0 Å². The minimum Gasteiger partial charge on any atom is -0.392 e. The van der Waals surface area contributed by atoms with Crippen LogP contribution in [0.4, 0.5) is 8.78 Å². The van der Waals surface area contributed by atoms with Crippen LogP contribution in [0.1, 0.15) is 119 Å². The van der Waals surface area contributed by atoms with Crippen molar-refractivity contribution in [2.75, 3.05) is 0 Å². The molecule has 2 aliphatic rings. The van der Waals surface area contributed by atoms with Gasteiger partial charge in [0.2, 0.25) is 11.6 Å². The molecule has 2 aromatic carbocycles. The Kier molecular flexibility index (Phi) is 10.2. The van der Waals surface area contributed by atoms with E-state index in [0.717, 1.165) is 75.9 Å². The van der Waals surface area contributed by atoms with Gasteiger partial charge in [-0.05, 0) is 144 Å². The van der Waals surface area contributed by atoms with Gasteiger partial charge in [0.15, 0.2) is 6.29 Å². The molecule has 0 fully saturated rings. The average molecular weight is 761 g/mol. The fourth-order valence-corrected chi connectivity index (χ4v) is 7.86. The second-order valence-corrected chi connectivity index (χ2v) is 16.3. The van der Waals surface area contributed by atoms with Crippen molar-refractivity contribution in [1.29, 1.82) is 0 Å². The smallest absolute Gasteiger partial charge is 0.201 e. The number of aldehydes is 1. The highest BCUT2D eigenvalue weighted by Gasteiger charge is 2.36. The Balaban J connectivity index is 0.000000172. The quantitative estimate of drug-likeness (QED) is 0.166. The first-order valence-electron chi connectivity index (χ1n) is 19.0. The van der Waals surface area contributed by atoms with E-state index < -0.39 is 0 Å². The molecule has 0 amide bonds. The lowest BCUT2D eigenvalue weighted by atomic mass is 9.86. The molecule has 0 radical (unpaired) electrons. The second kappa shape index (κ2) is 14.8. The maximum atomic E-state index is 13.6. The topological polar surface area (TPSA) is 150 Å². The molecule has 56 heavy (non-hydrogen) atoms. The SMILES string of the molecule is CC(C)c1nc2c(c(-c3ccc(F)cc3)c1C=O)CCC(C)(C)n1nnnc1-2.CC(C)c1nc2c(c(-c3ccc(F)cc3)c1CO)CCC(C)(C)n1nnnc1-2. The van der Waals surface area contributed by atoms with E-state index >= 15 is 0 Å². The number of hydrogen-bond acceptors (Lipinski definition) is 10. The molecule has 4 aromatic heterocycles. The van der Waals surface area contributed by atoms with E-state index in [4.69, 9.17) is 9.97 Å². The van der Waals surface area contributed by atoms with Gasteiger partial charge >= 0.3 is 0 Å². The number of benzene rings is 2. The lowest BCUT2D eigenvalue weighted by Crippen LogP contribution is -2.27. The fourth-order valence-electron chi connectivity index (χ4n) is 7.86. The van der Waals surface area contributed by atoms with Crippen LogP contribution in [-0.2, 0) is 30.5 Å². The summed E-state index contributed by atoms with van der Waals surface area (Å²) in [6.07, 6.45) is 3.91. The summed E-state index contributed by atoms with van der Waals surface area (Å²) in [6, 6.07) is 12.7. The summed E-state index contributed by atoms with van der Waals surface area (Å²) in [7, 11) is 0. The van der Waals surface area contributed by atoms with E-state index in [1.165, 1.54) is 24.3 Å². The van der Waals surface area contributed by atoms with Crippen molar-refractivity contribution in [2.24, 2.45) is 0 Å². The first-order chi connectivity index (χ1) is 26.7. The molecule has 0 unspecified atom stereocenters. The number of rotatable bonds is 6. The van der Waals surface area contributed by atoms with E-state index in [-0.39, 0.29) is 41.2 Å². The van der Waals surface area contributed by atoms with Crippen LogP contribution in [0.3, 0.4) is 0 Å². The Hall–Kier alpha value is -5.63. The summed E-state index contributed by atoms with van der Waals surface area (Å²) in [6.45, 7) is 16.3. The van der Waals surface area contributed by atoms with Gasteiger partial charge in [-0.3, -0.25) is 4.79 Å². The molecule has 12 nitrogen and oxygen atoms in total. The second-order valence-electron chi connectivity index (χ2n) is 16.3. The Bertz CT molecular complexity index is 2420. The number of pyridine rings is 2. The van der Waals surface area contributed by atoms with Crippen LogP contribution in [0, 0.1) is 11.6 Å². The van der Waals surface area contributed by atoms with Gasteiger partial charge in [0.1, 0.15) is 23.0 Å². The molecule has 0 saturated heterocycles. The third-order valence-electron chi connectivity index (χ3n) is 10.9. The standard InChI is InChI=1S/C21H24FN5O.C21H22FN5O/c2*1-12(2)18-16(11-28)17(13-5-7-14(22)8-6-13)15-9-10-21(3,4)27-20(19(15)23-18)24-25-26-27/h5-8,12,28H,9-11H2,1-4H3;5-8,11-12H,9-10H2,1-4H3. The molecule has 0 bridgehead atoms. The summed E-state index contributed by atoms with van der Waals surface area (Å²) in [5, 5.41) is 34.9. The van der Waals surface area contributed by atoms with Crippen LogP contribution in [0.15, 0.2) is 48.5 Å². The van der Waals surface area contributed by atoms with E-state index in [1.54, 1.807) is 24.3 Å². The van der Waals surface area contributed by atoms with Crippen molar-refractivity contribution < 1.29 is 18.7 Å². The van der Waals surface area contributed by atoms with Gasteiger partial charge in [0.05, 0.1) is 23.4 Å². The number of aromatic nitrogens is 10. The molecule has 0 saturated carbocycles. The molecule has 0 aliphatic carbocycles. The maximum Gasteiger partial charge on any atom is 0.201 e. The fraction of sp³-hybridized carbons (Fsp3) is 0.405. The van der Waals surface area contributed by atoms with Gasteiger partial charge in [-0.25, -0.2) is 28.1 Å². The number of carbonyl (C=O) groups excluding carboxylic acids is 1. The van der Waals surface area contributed by atoms with Crippen molar-refractivity contribution >= 4 is 6.29 Å². The molecule has 290 valence electrons. The molecule has 8 rings (SSSR count). The van der Waals surface area contributed by atoms with Crippen LogP contribution in [0.25, 0.3) is 45.3 Å². The molecule has 0 atom stereocenters. The number of aliphatic hydroxyl groups excluding tert-OH is 1. The molecule has 6 aromatic rings. The lowest BCUT2D eigenvalue weighted by molar-refractivity contribution is 0.112. The minimum atomic E-state index is -0.314. The molecular weight excluding hydrogens is 715 g/mol. The molecule has 1 N–H and O–H groups in total. The Morgan fingerprint density at radius 2 is 1.12 bits per heavy atom.